The van der Waals surface area contributed by atoms with Gasteiger partial charge in [-0.2, -0.15) is 0 Å². The van der Waals surface area contributed by atoms with Crippen molar-refractivity contribution >= 4 is 44.7 Å². The Morgan fingerprint density at radius 3 is 1.75 bits per heavy atom. The van der Waals surface area contributed by atoms with E-state index in [1.165, 1.54) is 27.1 Å². The largest absolute Gasteiger partial charge is 0.126 e. The van der Waals surface area contributed by atoms with E-state index >= 15 is 0 Å². The standard InChI is InChI=1S/C18H16Cl2/c19-11-13(12-20)9-18-16-7-3-1-5-14(16)10-15-6-2-4-8-17(15)18/h1-8,10,13H,9,11-12H2. The van der Waals surface area contributed by atoms with E-state index in [-0.39, 0.29) is 0 Å². The fourth-order valence-corrected chi connectivity index (χ4v) is 3.32. The second kappa shape index (κ2) is 6.03. The summed E-state index contributed by atoms with van der Waals surface area (Å²) in [5.74, 6) is 1.51. The van der Waals surface area contributed by atoms with Crippen molar-refractivity contribution in [2.24, 2.45) is 5.92 Å². The van der Waals surface area contributed by atoms with Gasteiger partial charge in [0.1, 0.15) is 0 Å². The zero-order valence-electron chi connectivity index (χ0n) is 11.2. The second-order valence-electron chi connectivity index (χ2n) is 5.18. The van der Waals surface area contributed by atoms with Crippen LogP contribution in [0.4, 0.5) is 0 Å². The SMILES string of the molecule is ClCC(CCl)Cc1c2ccccc2cc2ccccc12. The number of benzene rings is 3. The Labute approximate surface area is 129 Å². The van der Waals surface area contributed by atoms with Gasteiger partial charge in [-0.3, -0.25) is 0 Å². The van der Waals surface area contributed by atoms with Gasteiger partial charge in [0.2, 0.25) is 0 Å². The van der Waals surface area contributed by atoms with Crippen LogP contribution in [0.25, 0.3) is 21.5 Å². The molecular formula is C18H16Cl2. The fraction of sp³-hybridized carbons (Fsp3) is 0.222. The van der Waals surface area contributed by atoms with Crippen molar-refractivity contribution in [2.75, 3.05) is 11.8 Å². The molecule has 0 aromatic heterocycles. The van der Waals surface area contributed by atoms with Crippen molar-refractivity contribution in [1.29, 1.82) is 0 Å². The summed E-state index contributed by atoms with van der Waals surface area (Å²) in [5.41, 5.74) is 1.37. The van der Waals surface area contributed by atoms with Crippen LogP contribution in [0.3, 0.4) is 0 Å². The summed E-state index contributed by atoms with van der Waals surface area (Å²) in [6, 6.07) is 19.3. The van der Waals surface area contributed by atoms with Crippen LogP contribution in [-0.4, -0.2) is 11.8 Å². The maximum atomic E-state index is 6.04. The second-order valence-corrected chi connectivity index (χ2v) is 5.79. The molecule has 0 aliphatic carbocycles. The number of fused-ring (bicyclic) bond motifs is 2. The molecule has 0 radical (unpaired) electrons. The summed E-state index contributed by atoms with van der Waals surface area (Å²) in [4.78, 5) is 0. The van der Waals surface area contributed by atoms with E-state index < -0.39 is 0 Å². The van der Waals surface area contributed by atoms with E-state index in [1.54, 1.807) is 0 Å². The van der Waals surface area contributed by atoms with Crippen molar-refractivity contribution in [2.45, 2.75) is 6.42 Å². The highest BCUT2D eigenvalue weighted by atomic mass is 35.5. The van der Waals surface area contributed by atoms with E-state index in [0.29, 0.717) is 17.7 Å². The molecule has 3 rings (SSSR count). The molecule has 0 unspecified atom stereocenters. The molecule has 0 spiro atoms. The van der Waals surface area contributed by atoms with Crippen molar-refractivity contribution < 1.29 is 0 Å². The molecule has 102 valence electrons. The number of rotatable bonds is 4. The third-order valence-electron chi connectivity index (χ3n) is 3.81. The highest BCUT2D eigenvalue weighted by molar-refractivity contribution is 6.20. The predicted molar refractivity (Wildman–Crippen MR) is 90.1 cm³/mol. The molecule has 0 nitrogen and oxygen atoms in total. The third kappa shape index (κ3) is 2.51. The summed E-state index contributed by atoms with van der Waals surface area (Å²) in [6.07, 6.45) is 0.925. The summed E-state index contributed by atoms with van der Waals surface area (Å²) in [6.45, 7) is 0. The van der Waals surface area contributed by atoms with Crippen LogP contribution in [0.5, 0.6) is 0 Å². The molecule has 0 heterocycles. The van der Waals surface area contributed by atoms with Gasteiger partial charge in [0, 0.05) is 11.8 Å². The van der Waals surface area contributed by atoms with E-state index in [9.17, 15) is 0 Å². The Bertz CT molecular complexity index is 676. The van der Waals surface area contributed by atoms with Crippen LogP contribution < -0.4 is 0 Å². The number of halogens is 2. The van der Waals surface area contributed by atoms with Gasteiger partial charge in [-0.25, -0.2) is 0 Å². The molecule has 2 heteroatoms. The van der Waals surface area contributed by atoms with Crippen LogP contribution in [0.2, 0.25) is 0 Å². The molecule has 0 bridgehead atoms. The van der Waals surface area contributed by atoms with E-state index in [4.69, 9.17) is 23.2 Å². The molecular weight excluding hydrogens is 287 g/mol. The molecule has 0 fully saturated rings. The molecule has 0 atom stereocenters. The number of hydrogen-bond acceptors (Lipinski definition) is 0. The molecule has 0 saturated carbocycles. The Hall–Kier alpha value is -1.24. The maximum Gasteiger partial charge on any atom is 0.0266 e. The lowest BCUT2D eigenvalue weighted by Gasteiger charge is -2.15. The van der Waals surface area contributed by atoms with Crippen LogP contribution in [0, 0.1) is 5.92 Å². The minimum absolute atomic E-state index is 0.313. The lowest BCUT2D eigenvalue weighted by Crippen LogP contribution is -2.08. The van der Waals surface area contributed by atoms with Gasteiger partial charge >= 0.3 is 0 Å². The minimum Gasteiger partial charge on any atom is -0.126 e. The van der Waals surface area contributed by atoms with Crippen molar-refractivity contribution in [3.8, 4) is 0 Å². The van der Waals surface area contributed by atoms with Crippen molar-refractivity contribution in [3.05, 3.63) is 60.2 Å². The first-order valence-electron chi connectivity index (χ1n) is 6.84. The van der Waals surface area contributed by atoms with Gasteiger partial charge in [-0.15, -0.1) is 23.2 Å². The topological polar surface area (TPSA) is 0 Å². The zero-order valence-corrected chi connectivity index (χ0v) is 12.7. The van der Waals surface area contributed by atoms with Crippen LogP contribution in [0.1, 0.15) is 5.56 Å². The van der Waals surface area contributed by atoms with Gasteiger partial charge in [0.15, 0.2) is 0 Å². The first-order chi connectivity index (χ1) is 9.83. The summed E-state index contributed by atoms with van der Waals surface area (Å²) in [7, 11) is 0. The Kier molecular flexibility index (Phi) is 4.14. The summed E-state index contributed by atoms with van der Waals surface area (Å²) < 4.78 is 0. The molecule has 20 heavy (non-hydrogen) atoms. The van der Waals surface area contributed by atoms with Gasteiger partial charge in [0.05, 0.1) is 0 Å². The van der Waals surface area contributed by atoms with Crippen LogP contribution in [-0.2, 0) is 6.42 Å². The molecule has 0 aliphatic heterocycles. The highest BCUT2D eigenvalue weighted by Crippen LogP contribution is 2.30. The average molecular weight is 303 g/mol. The monoisotopic (exact) mass is 302 g/mol. The first kappa shape index (κ1) is 13.7. The van der Waals surface area contributed by atoms with Gasteiger partial charge in [-0.05, 0) is 45.5 Å². The normalized spacial score (nSPS) is 11.6. The van der Waals surface area contributed by atoms with Crippen molar-refractivity contribution in [3.63, 3.8) is 0 Å². The van der Waals surface area contributed by atoms with Gasteiger partial charge in [-0.1, -0.05) is 48.5 Å². The van der Waals surface area contributed by atoms with Gasteiger partial charge < -0.3 is 0 Å². The third-order valence-corrected chi connectivity index (χ3v) is 4.68. The molecule has 3 aromatic rings. The van der Waals surface area contributed by atoms with E-state index in [2.05, 4.69) is 54.6 Å². The number of alkyl halides is 2. The number of hydrogen-bond donors (Lipinski definition) is 0. The Balaban J connectivity index is 2.27. The predicted octanol–water partition coefficient (Wildman–Crippen LogP) is 5.63. The van der Waals surface area contributed by atoms with Gasteiger partial charge in [0.25, 0.3) is 0 Å². The lowest BCUT2D eigenvalue weighted by atomic mass is 9.91. The highest BCUT2D eigenvalue weighted by Gasteiger charge is 2.13. The molecule has 3 aromatic carbocycles. The lowest BCUT2D eigenvalue weighted by molar-refractivity contribution is 0.668. The van der Waals surface area contributed by atoms with E-state index in [1.807, 2.05) is 0 Å². The van der Waals surface area contributed by atoms with Crippen LogP contribution >= 0.6 is 23.2 Å². The average Bonchev–Trinajstić information content (AvgIpc) is 2.51. The molecule has 0 saturated heterocycles. The molecule has 0 N–H and O–H groups in total. The molecule has 0 amide bonds. The first-order valence-corrected chi connectivity index (χ1v) is 7.91. The maximum absolute atomic E-state index is 6.04. The Morgan fingerprint density at radius 2 is 1.25 bits per heavy atom. The quantitative estimate of drug-likeness (QED) is 0.433. The van der Waals surface area contributed by atoms with Crippen molar-refractivity contribution in [1.82, 2.24) is 0 Å². The fourth-order valence-electron chi connectivity index (χ4n) is 2.77. The minimum atomic E-state index is 0.313. The molecule has 0 aliphatic rings. The smallest absolute Gasteiger partial charge is 0.0266 e. The summed E-state index contributed by atoms with van der Waals surface area (Å²) in [5, 5.41) is 5.19. The summed E-state index contributed by atoms with van der Waals surface area (Å²) >= 11 is 12.1. The van der Waals surface area contributed by atoms with Crippen LogP contribution in [0.15, 0.2) is 54.6 Å². The Morgan fingerprint density at radius 1 is 0.750 bits per heavy atom. The zero-order chi connectivity index (χ0) is 13.9. The van der Waals surface area contributed by atoms with E-state index in [0.717, 1.165) is 6.42 Å².